The highest BCUT2D eigenvalue weighted by atomic mass is 35.5. The van der Waals surface area contributed by atoms with E-state index in [9.17, 15) is 4.79 Å². The molecule has 20 heavy (non-hydrogen) atoms. The van der Waals surface area contributed by atoms with Crippen molar-refractivity contribution in [2.45, 2.75) is 13.3 Å². The number of aryl methyl sites for hydroxylation is 1. The summed E-state index contributed by atoms with van der Waals surface area (Å²) in [6.45, 7) is 2.35. The van der Waals surface area contributed by atoms with Gasteiger partial charge in [0, 0.05) is 0 Å². The molecule has 104 valence electrons. The van der Waals surface area contributed by atoms with Crippen molar-refractivity contribution in [2.24, 2.45) is 0 Å². The van der Waals surface area contributed by atoms with Gasteiger partial charge < -0.3 is 10.1 Å². The molecule has 1 N–H and O–H groups in total. The summed E-state index contributed by atoms with van der Waals surface area (Å²) in [5.41, 5.74) is 1.79. The Balaban J connectivity index is 1.78. The second-order valence-electron chi connectivity index (χ2n) is 4.44. The van der Waals surface area contributed by atoms with Gasteiger partial charge in [-0.3, -0.25) is 4.79 Å². The van der Waals surface area contributed by atoms with Crippen LogP contribution in [0.5, 0.6) is 5.75 Å². The molecule has 0 heterocycles. The number of anilines is 1. The first-order valence-electron chi connectivity index (χ1n) is 6.39. The topological polar surface area (TPSA) is 38.3 Å². The molecule has 0 atom stereocenters. The maximum atomic E-state index is 11.8. The number of halogens is 1. The third-order valence-corrected chi connectivity index (χ3v) is 3.10. The summed E-state index contributed by atoms with van der Waals surface area (Å²) < 4.78 is 5.51. The average molecular weight is 290 g/mol. The van der Waals surface area contributed by atoms with E-state index in [1.807, 2.05) is 43.3 Å². The third-order valence-electron chi connectivity index (χ3n) is 2.77. The van der Waals surface area contributed by atoms with Gasteiger partial charge in [0.15, 0.2) is 0 Å². The summed E-state index contributed by atoms with van der Waals surface area (Å²) >= 11 is 5.97. The number of hydrogen-bond donors (Lipinski definition) is 1. The van der Waals surface area contributed by atoms with Crippen LogP contribution < -0.4 is 10.1 Å². The molecule has 0 unspecified atom stereocenters. The minimum absolute atomic E-state index is 0.120. The maximum Gasteiger partial charge on any atom is 0.227 e. The first-order chi connectivity index (χ1) is 9.65. The van der Waals surface area contributed by atoms with Gasteiger partial charge in [-0.25, -0.2) is 0 Å². The van der Waals surface area contributed by atoms with Crippen molar-refractivity contribution >= 4 is 23.2 Å². The predicted octanol–water partition coefficient (Wildman–Crippen LogP) is 4.06. The Morgan fingerprint density at radius 1 is 1.15 bits per heavy atom. The van der Waals surface area contributed by atoms with E-state index in [0.717, 1.165) is 5.75 Å². The molecule has 2 rings (SSSR count). The number of hydrogen-bond acceptors (Lipinski definition) is 2. The van der Waals surface area contributed by atoms with Crippen LogP contribution in [0.25, 0.3) is 0 Å². The molecule has 3 nitrogen and oxygen atoms in total. The highest BCUT2D eigenvalue weighted by Crippen LogP contribution is 2.20. The molecule has 0 aliphatic carbocycles. The van der Waals surface area contributed by atoms with Crippen LogP contribution in [0.2, 0.25) is 5.02 Å². The Kier molecular flexibility index (Phi) is 5.02. The number of ether oxygens (including phenoxy) is 1. The van der Waals surface area contributed by atoms with Crippen LogP contribution in [-0.2, 0) is 4.79 Å². The Morgan fingerprint density at radius 2 is 1.85 bits per heavy atom. The minimum atomic E-state index is -0.120. The van der Waals surface area contributed by atoms with Crippen molar-refractivity contribution in [1.29, 1.82) is 0 Å². The molecular formula is C16H16ClNO2. The van der Waals surface area contributed by atoms with Gasteiger partial charge in [0.05, 0.1) is 23.7 Å². The van der Waals surface area contributed by atoms with Gasteiger partial charge in [0.25, 0.3) is 0 Å². The maximum absolute atomic E-state index is 11.8. The van der Waals surface area contributed by atoms with Gasteiger partial charge in [-0.2, -0.15) is 0 Å². The van der Waals surface area contributed by atoms with Crippen molar-refractivity contribution < 1.29 is 9.53 Å². The molecule has 0 spiro atoms. The molecule has 0 bridgehead atoms. The number of rotatable bonds is 5. The molecule has 0 fully saturated rings. The molecule has 2 aromatic rings. The third kappa shape index (κ3) is 4.28. The van der Waals surface area contributed by atoms with Crippen molar-refractivity contribution in [1.82, 2.24) is 0 Å². The summed E-state index contributed by atoms with van der Waals surface area (Å²) in [6, 6.07) is 14.9. The van der Waals surface area contributed by atoms with Crippen LogP contribution in [-0.4, -0.2) is 12.5 Å². The fraction of sp³-hybridized carbons (Fsp3) is 0.188. The molecule has 4 heteroatoms. The number of amides is 1. The van der Waals surface area contributed by atoms with Crippen LogP contribution in [0, 0.1) is 6.92 Å². The van der Waals surface area contributed by atoms with Crippen molar-refractivity contribution in [2.75, 3.05) is 11.9 Å². The molecule has 0 saturated carbocycles. The zero-order valence-corrected chi connectivity index (χ0v) is 12.0. The largest absolute Gasteiger partial charge is 0.493 e. The van der Waals surface area contributed by atoms with Crippen LogP contribution in [0.1, 0.15) is 12.0 Å². The molecule has 2 aromatic carbocycles. The lowest BCUT2D eigenvalue weighted by molar-refractivity contribution is -0.116. The number of carbonyl (C=O) groups is 1. The van der Waals surface area contributed by atoms with Crippen LogP contribution >= 0.6 is 11.6 Å². The van der Waals surface area contributed by atoms with E-state index in [1.54, 1.807) is 12.1 Å². The Hall–Kier alpha value is -2.00. The standard InChI is InChI=1S/C16H16ClNO2/c1-12-6-8-13(9-7-12)20-11-10-16(19)18-15-5-3-2-4-14(15)17/h2-9H,10-11H2,1H3,(H,18,19). The molecular weight excluding hydrogens is 274 g/mol. The molecule has 0 aliphatic heterocycles. The summed E-state index contributed by atoms with van der Waals surface area (Å²) in [4.78, 5) is 11.8. The van der Waals surface area contributed by atoms with Gasteiger partial charge in [0.2, 0.25) is 5.91 Å². The summed E-state index contributed by atoms with van der Waals surface area (Å²) in [6.07, 6.45) is 0.277. The first-order valence-corrected chi connectivity index (χ1v) is 6.77. The number of para-hydroxylation sites is 1. The zero-order valence-electron chi connectivity index (χ0n) is 11.2. The van der Waals surface area contributed by atoms with Crippen LogP contribution in [0.15, 0.2) is 48.5 Å². The summed E-state index contributed by atoms with van der Waals surface area (Å²) in [5.74, 6) is 0.645. The van der Waals surface area contributed by atoms with Gasteiger partial charge in [0.1, 0.15) is 5.75 Å². The Bertz CT molecular complexity index is 581. The second kappa shape index (κ2) is 6.96. The molecule has 0 radical (unpaired) electrons. The fourth-order valence-corrected chi connectivity index (χ4v) is 1.85. The number of carbonyl (C=O) groups excluding carboxylic acids is 1. The smallest absolute Gasteiger partial charge is 0.227 e. The lowest BCUT2D eigenvalue weighted by Crippen LogP contribution is -2.15. The second-order valence-corrected chi connectivity index (χ2v) is 4.85. The fourth-order valence-electron chi connectivity index (χ4n) is 1.67. The lowest BCUT2D eigenvalue weighted by Gasteiger charge is -2.08. The quantitative estimate of drug-likeness (QED) is 0.901. The summed E-state index contributed by atoms with van der Waals surface area (Å²) in [7, 11) is 0. The van der Waals surface area contributed by atoms with E-state index in [1.165, 1.54) is 5.56 Å². The highest BCUT2D eigenvalue weighted by molar-refractivity contribution is 6.33. The molecule has 0 aromatic heterocycles. The van der Waals surface area contributed by atoms with Crippen molar-refractivity contribution in [3.05, 3.63) is 59.1 Å². The van der Waals surface area contributed by atoms with Gasteiger partial charge in [-0.1, -0.05) is 41.4 Å². The first kappa shape index (κ1) is 14.4. The Morgan fingerprint density at radius 3 is 2.55 bits per heavy atom. The SMILES string of the molecule is Cc1ccc(OCCC(=O)Nc2ccccc2Cl)cc1. The van der Waals surface area contributed by atoms with Gasteiger partial charge in [-0.05, 0) is 31.2 Å². The monoisotopic (exact) mass is 289 g/mol. The van der Waals surface area contributed by atoms with Gasteiger partial charge in [-0.15, -0.1) is 0 Å². The molecule has 0 saturated heterocycles. The van der Waals surface area contributed by atoms with E-state index >= 15 is 0 Å². The average Bonchev–Trinajstić information content (AvgIpc) is 2.44. The molecule has 1 amide bonds. The van der Waals surface area contributed by atoms with Crippen molar-refractivity contribution in [3.63, 3.8) is 0 Å². The van der Waals surface area contributed by atoms with E-state index < -0.39 is 0 Å². The number of nitrogens with one attached hydrogen (secondary N) is 1. The predicted molar refractivity (Wildman–Crippen MR) is 81.4 cm³/mol. The highest BCUT2D eigenvalue weighted by Gasteiger charge is 2.05. The van der Waals surface area contributed by atoms with Crippen LogP contribution in [0.4, 0.5) is 5.69 Å². The lowest BCUT2D eigenvalue weighted by atomic mass is 10.2. The Labute approximate surface area is 123 Å². The summed E-state index contributed by atoms with van der Waals surface area (Å²) in [5, 5.41) is 3.28. The minimum Gasteiger partial charge on any atom is -0.493 e. The van der Waals surface area contributed by atoms with E-state index in [0.29, 0.717) is 17.3 Å². The van der Waals surface area contributed by atoms with E-state index in [-0.39, 0.29) is 12.3 Å². The van der Waals surface area contributed by atoms with E-state index in [2.05, 4.69) is 5.32 Å². The van der Waals surface area contributed by atoms with Crippen molar-refractivity contribution in [3.8, 4) is 5.75 Å². The number of benzene rings is 2. The zero-order chi connectivity index (χ0) is 14.4. The van der Waals surface area contributed by atoms with E-state index in [4.69, 9.17) is 16.3 Å². The van der Waals surface area contributed by atoms with Crippen LogP contribution in [0.3, 0.4) is 0 Å². The molecule has 0 aliphatic rings. The normalized spacial score (nSPS) is 10.1. The van der Waals surface area contributed by atoms with Gasteiger partial charge >= 0.3 is 0 Å².